The van der Waals surface area contributed by atoms with E-state index in [-0.39, 0.29) is 17.5 Å². The number of aromatic nitrogens is 2. The Morgan fingerprint density at radius 3 is 2.86 bits per heavy atom. The molecule has 1 aromatic heterocycles. The predicted octanol–water partition coefficient (Wildman–Crippen LogP) is 3.26. The van der Waals surface area contributed by atoms with E-state index in [0.717, 1.165) is 23.1 Å². The molecule has 4 rings (SSSR count). The summed E-state index contributed by atoms with van der Waals surface area (Å²) in [5, 5.41) is 4.02. The number of nitrogens with zero attached hydrogens (tertiary/aromatic N) is 3. The van der Waals surface area contributed by atoms with Gasteiger partial charge in [-0.2, -0.15) is 0 Å². The highest BCUT2D eigenvalue weighted by atomic mass is 79.9. The Hall–Kier alpha value is -2.67. The zero-order valence-electron chi connectivity index (χ0n) is 15.3. The van der Waals surface area contributed by atoms with Gasteiger partial charge in [0.25, 0.3) is 5.56 Å². The Morgan fingerprint density at radius 1 is 1.21 bits per heavy atom. The molecule has 0 saturated carbocycles. The molecule has 2 aromatic carbocycles. The van der Waals surface area contributed by atoms with Gasteiger partial charge < -0.3 is 10.2 Å². The van der Waals surface area contributed by atoms with Crippen molar-refractivity contribution >= 4 is 38.4 Å². The molecule has 1 aliphatic heterocycles. The summed E-state index contributed by atoms with van der Waals surface area (Å²) in [6.45, 7) is 1.76. The van der Waals surface area contributed by atoms with E-state index in [1.165, 1.54) is 10.9 Å². The smallest absolute Gasteiger partial charge is 0.261 e. The van der Waals surface area contributed by atoms with E-state index < -0.39 is 0 Å². The molecule has 7 heteroatoms. The monoisotopic (exact) mass is 440 g/mol. The van der Waals surface area contributed by atoms with Crippen LogP contribution in [-0.2, 0) is 11.3 Å². The summed E-state index contributed by atoms with van der Waals surface area (Å²) in [6.07, 6.45) is 2.74. The summed E-state index contributed by atoms with van der Waals surface area (Å²) in [5.41, 5.74) is 1.61. The molecule has 6 nitrogen and oxygen atoms in total. The van der Waals surface area contributed by atoms with Crippen LogP contribution in [0.15, 0.2) is 64.1 Å². The quantitative estimate of drug-likeness (QED) is 0.660. The maximum absolute atomic E-state index is 12.6. The van der Waals surface area contributed by atoms with Gasteiger partial charge in [0.1, 0.15) is 0 Å². The van der Waals surface area contributed by atoms with Gasteiger partial charge in [-0.05, 0) is 36.8 Å². The number of benzene rings is 2. The first-order chi connectivity index (χ1) is 13.6. The SMILES string of the molecule is O=C(CCn1cnc2ccc(Br)cc2c1=O)N1CC[C@H](Nc2ccccc2)C1. The van der Waals surface area contributed by atoms with Crippen molar-refractivity contribution in [1.82, 2.24) is 14.5 Å². The molecule has 0 spiro atoms. The zero-order valence-corrected chi connectivity index (χ0v) is 16.9. The fourth-order valence-electron chi connectivity index (χ4n) is 3.54. The molecule has 2 heterocycles. The van der Waals surface area contributed by atoms with Gasteiger partial charge in [0.2, 0.25) is 5.91 Å². The topological polar surface area (TPSA) is 67.2 Å². The van der Waals surface area contributed by atoms with E-state index in [0.29, 0.717) is 30.4 Å². The summed E-state index contributed by atoms with van der Waals surface area (Å²) < 4.78 is 2.35. The van der Waals surface area contributed by atoms with E-state index in [9.17, 15) is 9.59 Å². The number of para-hydroxylation sites is 1. The Balaban J connectivity index is 1.36. The van der Waals surface area contributed by atoms with E-state index in [1.807, 2.05) is 41.3 Å². The molecule has 1 atom stereocenters. The van der Waals surface area contributed by atoms with Crippen LogP contribution in [0.25, 0.3) is 10.9 Å². The highest BCUT2D eigenvalue weighted by Gasteiger charge is 2.25. The summed E-state index contributed by atoms with van der Waals surface area (Å²) in [7, 11) is 0. The van der Waals surface area contributed by atoms with Crippen LogP contribution in [0.2, 0.25) is 0 Å². The average Bonchev–Trinajstić information content (AvgIpc) is 3.17. The number of fused-ring (bicyclic) bond motifs is 1. The molecule has 144 valence electrons. The lowest BCUT2D eigenvalue weighted by atomic mass is 10.2. The van der Waals surface area contributed by atoms with Crippen LogP contribution < -0.4 is 10.9 Å². The summed E-state index contributed by atoms with van der Waals surface area (Å²) in [5.74, 6) is 0.0681. The second-order valence-electron chi connectivity index (χ2n) is 6.99. The number of nitrogens with one attached hydrogen (secondary N) is 1. The van der Waals surface area contributed by atoms with Gasteiger partial charge in [0.15, 0.2) is 0 Å². The molecule has 28 heavy (non-hydrogen) atoms. The first-order valence-corrected chi connectivity index (χ1v) is 10.1. The highest BCUT2D eigenvalue weighted by Crippen LogP contribution is 2.17. The third kappa shape index (κ3) is 4.09. The Labute approximate surface area is 171 Å². The van der Waals surface area contributed by atoms with Gasteiger partial charge in [-0.25, -0.2) is 4.98 Å². The second-order valence-corrected chi connectivity index (χ2v) is 7.91. The van der Waals surface area contributed by atoms with Crippen molar-refractivity contribution in [1.29, 1.82) is 0 Å². The number of hydrogen-bond acceptors (Lipinski definition) is 4. The van der Waals surface area contributed by atoms with E-state index >= 15 is 0 Å². The molecule has 0 unspecified atom stereocenters. The van der Waals surface area contributed by atoms with Crippen molar-refractivity contribution in [3.8, 4) is 0 Å². The lowest BCUT2D eigenvalue weighted by molar-refractivity contribution is -0.130. The average molecular weight is 441 g/mol. The number of aryl methyl sites for hydroxylation is 1. The molecule has 3 aromatic rings. The van der Waals surface area contributed by atoms with Crippen LogP contribution >= 0.6 is 15.9 Å². The third-order valence-corrected chi connectivity index (χ3v) is 5.53. The molecule has 1 N–H and O–H groups in total. The van der Waals surface area contributed by atoms with Crippen molar-refractivity contribution in [2.24, 2.45) is 0 Å². The Morgan fingerprint density at radius 2 is 2.04 bits per heavy atom. The number of halogens is 1. The number of anilines is 1. The second kappa shape index (κ2) is 8.14. The highest BCUT2D eigenvalue weighted by molar-refractivity contribution is 9.10. The van der Waals surface area contributed by atoms with Gasteiger partial charge in [-0.3, -0.25) is 14.2 Å². The van der Waals surface area contributed by atoms with Gasteiger partial charge in [0, 0.05) is 42.3 Å². The minimum absolute atomic E-state index is 0.0681. The Bertz CT molecular complexity index is 1050. The number of amides is 1. The minimum Gasteiger partial charge on any atom is -0.380 e. The third-order valence-electron chi connectivity index (χ3n) is 5.04. The molecule has 0 bridgehead atoms. The van der Waals surface area contributed by atoms with Crippen LogP contribution in [0.1, 0.15) is 12.8 Å². The fourth-order valence-corrected chi connectivity index (χ4v) is 3.90. The van der Waals surface area contributed by atoms with Crippen molar-refractivity contribution in [2.75, 3.05) is 18.4 Å². The van der Waals surface area contributed by atoms with Gasteiger partial charge in [0.05, 0.1) is 17.2 Å². The standard InChI is InChI=1S/C21H21BrN4O2/c22-15-6-7-19-18(12-15)21(28)26(14-23-19)11-9-20(27)25-10-8-17(13-25)24-16-4-2-1-3-5-16/h1-7,12,14,17,24H,8-11,13H2/t17-/m0/s1. The molecular formula is C21H21BrN4O2. The maximum atomic E-state index is 12.6. The Kier molecular flexibility index (Phi) is 5.43. The zero-order chi connectivity index (χ0) is 19.5. The van der Waals surface area contributed by atoms with Crippen LogP contribution in [0.5, 0.6) is 0 Å². The molecule has 1 amide bonds. The molecule has 0 aliphatic carbocycles. The summed E-state index contributed by atoms with van der Waals surface area (Å²) in [6, 6.07) is 15.7. The first-order valence-electron chi connectivity index (χ1n) is 9.34. The van der Waals surface area contributed by atoms with E-state index in [2.05, 4.69) is 26.2 Å². The van der Waals surface area contributed by atoms with Gasteiger partial charge in [-0.1, -0.05) is 34.1 Å². The minimum atomic E-state index is -0.121. The predicted molar refractivity (Wildman–Crippen MR) is 113 cm³/mol. The normalized spacial score (nSPS) is 16.5. The number of likely N-dealkylation sites (tertiary alicyclic amines) is 1. The van der Waals surface area contributed by atoms with Crippen LogP contribution in [0.3, 0.4) is 0 Å². The molecular weight excluding hydrogens is 420 g/mol. The summed E-state index contributed by atoms with van der Waals surface area (Å²) in [4.78, 5) is 31.4. The number of carbonyl (C=O) groups is 1. The fraction of sp³-hybridized carbons (Fsp3) is 0.286. The molecule has 1 fully saturated rings. The summed E-state index contributed by atoms with van der Waals surface area (Å²) >= 11 is 3.38. The van der Waals surface area contributed by atoms with Crippen molar-refractivity contribution in [3.63, 3.8) is 0 Å². The number of rotatable bonds is 5. The van der Waals surface area contributed by atoms with Crippen molar-refractivity contribution in [2.45, 2.75) is 25.4 Å². The number of carbonyl (C=O) groups excluding carboxylic acids is 1. The van der Waals surface area contributed by atoms with Crippen LogP contribution in [0.4, 0.5) is 5.69 Å². The van der Waals surface area contributed by atoms with Crippen LogP contribution in [0, 0.1) is 0 Å². The van der Waals surface area contributed by atoms with Crippen LogP contribution in [-0.4, -0.2) is 39.5 Å². The van der Waals surface area contributed by atoms with Crippen molar-refractivity contribution < 1.29 is 4.79 Å². The lowest BCUT2D eigenvalue weighted by Gasteiger charge is -2.18. The lowest BCUT2D eigenvalue weighted by Crippen LogP contribution is -2.33. The van der Waals surface area contributed by atoms with Gasteiger partial charge >= 0.3 is 0 Å². The maximum Gasteiger partial charge on any atom is 0.261 e. The molecule has 1 aliphatic rings. The molecule has 0 radical (unpaired) electrons. The van der Waals surface area contributed by atoms with Gasteiger partial charge in [-0.15, -0.1) is 0 Å². The first kappa shape index (κ1) is 18.7. The molecule has 1 saturated heterocycles. The van der Waals surface area contributed by atoms with Crippen molar-refractivity contribution in [3.05, 3.63) is 69.7 Å². The van der Waals surface area contributed by atoms with E-state index in [1.54, 1.807) is 12.1 Å². The number of hydrogen-bond donors (Lipinski definition) is 1. The largest absolute Gasteiger partial charge is 0.380 e. The van der Waals surface area contributed by atoms with E-state index in [4.69, 9.17) is 0 Å².